The second kappa shape index (κ2) is 4.65. The first-order valence-electron chi connectivity index (χ1n) is 4.87. The highest BCUT2D eigenvalue weighted by molar-refractivity contribution is 5.61. The molecule has 1 heterocycles. The summed E-state index contributed by atoms with van der Waals surface area (Å²) in [6, 6.07) is 6.83. The lowest BCUT2D eigenvalue weighted by Crippen LogP contribution is -2.02. The van der Waals surface area contributed by atoms with Gasteiger partial charge in [0.25, 0.3) is 5.69 Å². The Bertz CT molecular complexity index is 526. The molecule has 0 amide bonds. The van der Waals surface area contributed by atoms with E-state index in [0.717, 1.165) is 12.1 Å². The molecule has 0 saturated heterocycles. The quantitative estimate of drug-likeness (QED) is 0.654. The highest BCUT2D eigenvalue weighted by atomic mass is 19.1. The molecule has 2 rings (SSSR count). The van der Waals surface area contributed by atoms with Gasteiger partial charge in [0.1, 0.15) is 17.3 Å². The first kappa shape index (κ1) is 11.1. The average Bonchev–Trinajstić information content (AvgIpc) is 2.80. The zero-order valence-corrected chi connectivity index (χ0v) is 8.72. The van der Waals surface area contributed by atoms with Crippen LogP contribution in [0.4, 0.5) is 15.8 Å². The molecule has 0 bridgehead atoms. The summed E-state index contributed by atoms with van der Waals surface area (Å²) < 4.78 is 17.9. The number of nitro benzene ring substituents is 1. The Labute approximate surface area is 96.0 Å². The molecule has 1 aromatic heterocycles. The van der Waals surface area contributed by atoms with E-state index in [4.69, 9.17) is 4.42 Å². The molecule has 0 fully saturated rings. The third-order valence-corrected chi connectivity index (χ3v) is 2.19. The summed E-state index contributed by atoms with van der Waals surface area (Å²) in [5.41, 5.74) is -0.0376. The van der Waals surface area contributed by atoms with E-state index in [1.807, 2.05) is 0 Å². The number of benzene rings is 1. The smallest absolute Gasteiger partial charge is 0.295 e. The van der Waals surface area contributed by atoms with Crippen molar-refractivity contribution < 1.29 is 13.7 Å². The second-order valence-corrected chi connectivity index (χ2v) is 3.35. The highest BCUT2D eigenvalue weighted by Gasteiger charge is 2.14. The van der Waals surface area contributed by atoms with Crippen LogP contribution in [0, 0.1) is 15.9 Å². The zero-order chi connectivity index (χ0) is 12.3. The van der Waals surface area contributed by atoms with E-state index in [1.165, 1.54) is 12.3 Å². The van der Waals surface area contributed by atoms with Gasteiger partial charge in [-0.1, -0.05) is 0 Å². The molecule has 2 aromatic rings. The molecule has 0 saturated carbocycles. The average molecular weight is 236 g/mol. The minimum absolute atomic E-state index is 0.257. The van der Waals surface area contributed by atoms with Crippen molar-refractivity contribution >= 4 is 11.4 Å². The Morgan fingerprint density at radius 3 is 2.88 bits per heavy atom. The van der Waals surface area contributed by atoms with Gasteiger partial charge in [0.05, 0.1) is 23.8 Å². The molecule has 0 spiro atoms. The molecule has 0 atom stereocenters. The van der Waals surface area contributed by atoms with Crippen molar-refractivity contribution in [2.75, 3.05) is 5.32 Å². The molecular formula is C11H9FN2O3. The fourth-order valence-electron chi connectivity index (χ4n) is 1.40. The van der Waals surface area contributed by atoms with Gasteiger partial charge in [0.15, 0.2) is 0 Å². The number of nitrogens with zero attached hydrogens (tertiary/aromatic N) is 1. The third kappa shape index (κ3) is 2.60. The molecule has 6 heteroatoms. The molecule has 0 aliphatic carbocycles. The van der Waals surface area contributed by atoms with Gasteiger partial charge in [-0.3, -0.25) is 10.1 Å². The number of halogens is 1. The molecule has 1 N–H and O–H groups in total. The van der Waals surface area contributed by atoms with E-state index in [9.17, 15) is 14.5 Å². The Morgan fingerprint density at radius 2 is 2.24 bits per heavy atom. The number of nitrogens with one attached hydrogen (secondary N) is 1. The molecule has 88 valence electrons. The maximum atomic E-state index is 12.9. The summed E-state index contributed by atoms with van der Waals surface area (Å²) in [5, 5.41) is 13.5. The van der Waals surface area contributed by atoms with Crippen LogP contribution in [0.2, 0.25) is 0 Å². The van der Waals surface area contributed by atoms with Crippen LogP contribution in [0.1, 0.15) is 5.76 Å². The first-order valence-corrected chi connectivity index (χ1v) is 4.87. The summed E-state index contributed by atoms with van der Waals surface area (Å²) in [6.07, 6.45) is 1.51. The van der Waals surface area contributed by atoms with Crippen molar-refractivity contribution in [2.24, 2.45) is 0 Å². The Kier molecular flexibility index (Phi) is 3.04. The molecule has 17 heavy (non-hydrogen) atoms. The van der Waals surface area contributed by atoms with Crippen LogP contribution in [-0.4, -0.2) is 4.92 Å². The normalized spacial score (nSPS) is 10.2. The molecule has 5 nitrogen and oxygen atoms in total. The lowest BCUT2D eigenvalue weighted by atomic mass is 10.2. The number of nitro groups is 1. The van der Waals surface area contributed by atoms with Gasteiger partial charge in [-0.15, -0.1) is 0 Å². The number of hydrogen-bond acceptors (Lipinski definition) is 4. The number of rotatable bonds is 4. The van der Waals surface area contributed by atoms with Crippen LogP contribution >= 0.6 is 0 Å². The monoisotopic (exact) mass is 236 g/mol. The first-order chi connectivity index (χ1) is 8.16. The highest BCUT2D eigenvalue weighted by Crippen LogP contribution is 2.25. The molecule has 0 aliphatic rings. The van der Waals surface area contributed by atoms with E-state index in [1.54, 1.807) is 12.1 Å². The van der Waals surface area contributed by atoms with Gasteiger partial charge in [-0.2, -0.15) is 0 Å². The molecule has 1 aromatic carbocycles. The van der Waals surface area contributed by atoms with E-state index in [0.29, 0.717) is 12.3 Å². The maximum Gasteiger partial charge on any atom is 0.295 e. The predicted octanol–water partition coefficient (Wildman–Crippen LogP) is 2.94. The van der Waals surface area contributed by atoms with Crippen molar-refractivity contribution in [1.82, 2.24) is 0 Å². The van der Waals surface area contributed by atoms with E-state index < -0.39 is 10.7 Å². The molecular weight excluding hydrogens is 227 g/mol. The molecule has 0 aliphatic heterocycles. The Balaban J connectivity index is 2.17. The summed E-state index contributed by atoms with van der Waals surface area (Å²) in [4.78, 5) is 10.1. The summed E-state index contributed by atoms with van der Waals surface area (Å²) >= 11 is 0. The van der Waals surface area contributed by atoms with E-state index in [2.05, 4.69) is 5.32 Å². The largest absolute Gasteiger partial charge is 0.467 e. The predicted molar refractivity (Wildman–Crippen MR) is 59.1 cm³/mol. The van der Waals surface area contributed by atoms with Crippen molar-refractivity contribution in [3.05, 3.63) is 58.3 Å². The molecule has 0 radical (unpaired) electrons. The number of furan rings is 1. The van der Waals surface area contributed by atoms with E-state index in [-0.39, 0.29) is 11.4 Å². The third-order valence-electron chi connectivity index (χ3n) is 2.19. The minimum Gasteiger partial charge on any atom is -0.467 e. The van der Waals surface area contributed by atoms with Crippen molar-refractivity contribution in [3.63, 3.8) is 0 Å². The van der Waals surface area contributed by atoms with Gasteiger partial charge in [0.2, 0.25) is 0 Å². The maximum absolute atomic E-state index is 12.9. The van der Waals surface area contributed by atoms with Crippen LogP contribution < -0.4 is 5.32 Å². The lowest BCUT2D eigenvalue weighted by molar-refractivity contribution is -0.384. The van der Waals surface area contributed by atoms with Crippen LogP contribution in [-0.2, 0) is 6.54 Å². The van der Waals surface area contributed by atoms with Gasteiger partial charge >= 0.3 is 0 Å². The van der Waals surface area contributed by atoms with E-state index >= 15 is 0 Å². The van der Waals surface area contributed by atoms with Crippen LogP contribution in [0.5, 0.6) is 0 Å². The summed E-state index contributed by atoms with van der Waals surface area (Å²) in [5.74, 6) is 0.00358. The van der Waals surface area contributed by atoms with Crippen molar-refractivity contribution in [2.45, 2.75) is 6.54 Å². The molecule has 0 unspecified atom stereocenters. The SMILES string of the molecule is O=[N+]([O-])c1cc(F)ccc1NCc1ccco1. The van der Waals surface area contributed by atoms with Crippen LogP contribution in [0.25, 0.3) is 0 Å². The second-order valence-electron chi connectivity index (χ2n) is 3.35. The Hall–Kier alpha value is -2.37. The van der Waals surface area contributed by atoms with Crippen LogP contribution in [0.3, 0.4) is 0 Å². The fourth-order valence-corrected chi connectivity index (χ4v) is 1.40. The number of hydrogen-bond donors (Lipinski definition) is 1. The summed E-state index contributed by atoms with van der Waals surface area (Å²) in [7, 11) is 0. The van der Waals surface area contributed by atoms with Crippen molar-refractivity contribution in [1.29, 1.82) is 0 Å². The van der Waals surface area contributed by atoms with Gasteiger partial charge in [0, 0.05) is 0 Å². The topological polar surface area (TPSA) is 68.3 Å². The number of anilines is 1. The zero-order valence-electron chi connectivity index (χ0n) is 8.72. The fraction of sp³-hybridized carbons (Fsp3) is 0.0909. The van der Waals surface area contributed by atoms with Crippen molar-refractivity contribution in [3.8, 4) is 0 Å². The Morgan fingerprint density at radius 1 is 1.41 bits per heavy atom. The summed E-state index contributed by atoms with van der Waals surface area (Å²) in [6.45, 7) is 0.305. The van der Waals surface area contributed by atoms with Crippen LogP contribution in [0.15, 0.2) is 41.0 Å². The van der Waals surface area contributed by atoms with Gasteiger partial charge in [-0.05, 0) is 24.3 Å². The van der Waals surface area contributed by atoms with Gasteiger partial charge < -0.3 is 9.73 Å². The van der Waals surface area contributed by atoms with Gasteiger partial charge in [-0.25, -0.2) is 4.39 Å². The standard InChI is InChI=1S/C11H9FN2O3/c12-8-3-4-10(11(6-8)14(15)16)13-7-9-2-1-5-17-9/h1-6,13H,7H2. The minimum atomic E-state index is -0.639. The lowest BCUT2D eigenvalue weighted by Gasteiger charge is -2.05.